The Labute approximate surface area is 268 Å². The number of benzene rings is 2. The minimum Gasteiger partial charge on any atom is -0.453 e. The van der Waals surface area contributed by atoms with Crippen molar-refractivity contribution >= 4 is 39.7 Å². The summed E-state index contributed by atoms with van der Waals surface area (Å²) in [7, 11) is 2.69. The smallest absolute Gasteiger partial charge is 0.407 e. The molecule has 0 bridgehead atoms. The number of hydrazine groups is 1. The number of rotatable bonds is 12. The zero-order valence-corrected chi connectivity index (χ0v) is 28.4. The quantitative estimate of drug-likeness (QED) is 0.217. The van der Waals surface area contributed by atoms with Crippen LogP contribution < -0.4 is 21.4 Å². The van der Waals surface area contributed by atoms with E-state index in [9.17, 15) is 24.3 Å². The Morgan fingerprint density at radius 3 is 1.89 bits per heavy atom. The van der Waals surface area contributed by atoms with Gasteiger partial charge in [-0.3, -0.25) is 19.8 Å². The number of hydrogen-bond acceptors (Lipinski definition) is 7. The van der Waals surface area contributed by atoms with E-state index in [1.165, 1.54) is 19.2 Å². The summed E-state index contributed by atoms with van der Waals surface area (Å²) in [4.78, 5) is 52.5. The lowest BCUT2D eigenvalue weighted by Crippen LogP contribution is -2.64. The molecule has 0 aliphatic carbocycles. The molecule has 2 aromatic rings. The van der Waals surface area contributed by atoms with Crippen LogP contribution in [0.3, 0.4) is 0 Å². The van der Waals surface area contributed by atoms with Gasteiger partial charge in [-0.1, -0.05) is 99.9 Å². The Bertz CT molecular complexity index is 1280. The molecule has 242 valence electrons. The first-order valence-corrected chi connectivity index (χ1v) is 15.1. The van der Waals surface area contributed by atoms with E-state index in [0.29, 0.717) is 5.56 Å². The van der Waals surface area contributed by atoms with Crippen LogP contribution in [0.2, 0.25) is 0 Å². The van der Waals surface area contributed by atoms with Gasteiger partial charge in [0.15, 0.2) is 5.60 Å². The Balaban J connectivity index is 2.56. The van der Waals surface area contributed by atoms with Crippen LogP contribution in [0.1, 0.15) is 52.7 Å². The van der Waals surface area contributed by atoms with E-state index in [4.69, 9.17) is 4.74 Å². The van der Waals surface area contributed by atoms with Crippen molar-refractivity contribution in [2.24, 2.45) is 10.8 Å². The lowest BCUT2D eigenvalue weighted by molar-refractivity contribution is -0.149. The summed E-state index contributed by atoms with van der Waals surface area (Å²) in [6.45, 7) is 10.6. The van der Waals surface area contributed by atoms with Gasteiger partial charge in [0, 0.05) is 24.5 Å². The highest BCUT2D eigenvalue weighted by Crippen LogP contribution is 2.24. The van der Waals surface area contributed by atoms with Gasteiger partial charge in [-0.2, -0.15) is 0 Å². The molecule has 0 aromatic heterocycles. The predicted octanol–water partition coefficient (Wildman–Crippen LogP) is 3.30. The second kappa shape index (κ2) is 15.5. The van der Waals surface area contributed by atoms with Gasteiger partial charge in [-0.05, 0) is 34.1 Å². The number of carbonyl (C=O) groups excluding carboxylic acids is 4. The lowest BCUT2D eigenvalue weighted by atomic mass is 9.84. The molecule has 0 aliphatic rings. The van der Waals surface area contributed by atoms with Crippen molar-refractivity contribution in [1.82, 2.24) is 26.4 Å². The highest BCUT2D eigenvalue weighted by atomic mass is 79.9. The highest BCUT2D eigenvalue weighted by molar-refractivity contribution is 9.10. The number of alkyl carbamates (subject to hydrolysis) is 1. The number of aliphatic hydroxyl groups is 1. The molecule has 44 heavy (non-hydrogen) atoms. The molecule has 0 saturated heterocycles. The molecule has 12 heteroatoms. The first-order valence-electron chi connectivity index (χ1n) is 14.3. The van der Waals surface area contributed by atoms with Crippen molar-refractivity contribution in [2.75, 3.05) is 20.7 Å². The van der Waals surface area contributed by atoms with Gasteiger partial charge in [0.05, 0.1) is 13.7 Å². The van der Waals surface area contributed by atoms with Gasteiger partial charge in [-0.25, -0.2) is 9.80 Å². The van der Waals surface area contributed by atoms with Gasteiger partial charge >= 0.3 is 6.09 Å². The number of methoxy groups -OCH3 is 1. The van der Waals surface area contributed by atoms with Crippen LogP contribution in [0.4, 0.5) is 4.79 Å². The Morgan fingerprint density at radius 1 is 0.841 bits per heavy atom. The second-order valence-corrected chi connectivity index (χ2v) is 13.9. The minimum absolute atomic E-state index is 0.108. The van der Waals surface area contributed by atoms with E-state index >= 15 is 0 Å². The average molecular weight is 677 g/mol. The summed E-state index contributed by atoms with van der Waals surface area (Å²) in [5.74, 6) is -1.75. The number of hydrogen-bond donors (Lipinski definition) is 5. The number of amides is 4. The zero-order chi connectivity index (χ0) is 33.3. The topological polar surface area (TPSA) is 149 Å². The molecule has 2 rings (SSSR count). The normalized spacial score (nSPS) is 14.5. The predicted molar refractivity (Wildman–Crippen MR) is 172 cm³/mol. The standard InChI is InChI=1S/C32H46BrN5O6/c1-30(2,3)24(26(39)34-7)35-28(41)32(43,18-21-12-10-9-11-13-21)20-38(19-22-14-16-23(33)17-15-22)37-27(40)25(31(4,5)6)36-29(42)44-8/h9-17,24-25,43H,18-20H2,1-8H3,(H,34,39)(H,35,41)(H,36,42)(H,37,40)/t24-,25-,32+/m1/s1. The molecular formula is C32H46BrN5O6. The second-order valence-electron chi connectivity index (χ2n) is 13.0. The zero-order valence-electron chi connectivity index (χ0n) is 26.8. The molecule has 5 N–H and O–H groups in total. The van der Waals surface area contributed by atoms with Crippen molar-refractivity contribution < 1.29 is 29.0 Å². The lowest BCUT2D eigenvalue weighted by Gasteiger charge is -2.38. The Morgan fingerprint density at radius 2 is 1.39 bits per heavy atom. The third kappa shape index (κ3) is 10.9. The third-order valence-corrected chi connectivity index (χ3v) is 7.52. The van der Waals surface area contributed by atoms with Crippen molar-refractivity contribution in [1.29, 1.82) is 0 Å². The molecule has 11 nitrogen and oxygen atoms in total. The van der Waals surface area contributed by atoms with Crippen LogP contribution in [0.5, 0.6) is 0 Å². The first kappa shape index (κ1) is 36.7. The molecule has 4 amide bonds. The minimum atomic E-state index is -2.10. The highest BCUT2D eigenvalue weighted by Gasteiger charge is 2.43. The Kier molecular flexibility index (Phi) is 12.9. The number of nitrogens with zero attached hydrogens (tertiary/aromatic N) is 1. The molecule has 3 atom stereocenters. The maximum Gasteiger partial charge on any atom is 0.407 e. The van der Waals surface area contributed by atoms with Crippen molar-refractivity contribution in [3.05, 3.63) is 70.2 Å². The fraction of sp³-hybridized carbons (Fsp3) is 0.500. The van der Waals surface area contributed by atoms with Crippen LogP contribution in [0.15, 0.2) is 59.1 Å². The Hall–Kier alpha value is -3.48. The summed E-state index contributed by atoms with van der Waals surface area (Å²) in [6.07, 6.45) is -0.887. The maximum atomic E-state index is 14.0. The van der Waals surface area contributed by atoms with Crippen LogP contribution >= 0.6 is 15.9 Å². The van der Waals surface area contributed by atoms with E-state index < -0.39 is 52.3 Å². The van der Waals surface area contributed by atoms with Gasteiger partial charge in [0.2, 0.25) is 5.91 Å². The van der Waals surface area contributed by atoms with Gasteiger partial charge < -0.3 is 25.8 Å². The molecule has 0 fully saturated rings. The van der Waals surface area contributed by atoms with Crippen LogP contribution in [0, 0.1) is 10.8 Å². The van der Waals surface area contributed by atoms with E-state index in [2.05, 4.69) is 37.3 Å². The van der Waals surface area contributed by atoms with Crippen LogP contribution in [0.25, 0.3) is 0 Å². The molecule has 0 spiro atoms. The molecule has 2 aromatic carbocycles. The number of carbonyl (C=O) groups is 4. The number of ether oxygens (including phenoxy) is 1. The SMILES string of the molecule is CNC(=O)[C@@H](NC(=O)[C@](O)(Cc1ccccc1)CN(Cc1ccc(Br)cc1)NC(=O)[C@@H](NC(=O)OC)C(C)(C)C)C(C)(C)C. The summed E-state index contributed by atoms with van der Waals surface area (Å²) in [5.41, 5.74) is 0.786. The molecule has 0 radical (unpaired) electrons. The van der Waals surface area contributed by atoms with E-state index in [1.807, 2.05) is 51.1 Å². The molecule has 0 heterocycles. The van der Waals surface area contributed by atoms with E-state index in [1.54, 1.807) is 45.0 Å². The third-order valence-electron chi connectivity index (χ3n) is 7.00. The molecule has 0 unspecified atom stereocenters. The number of likely N-dealkylation sites (N-methyl/N-ethyl adjacent to an activating group) is 1. The largest absolute Gasteiger partial charge is 0.453 e. The average Bonchev–Trinajstić information content (AvgIpc) is 2.94. The van der Waals surface area contributed by atoms with Crippen molar-refractivity contribution in [2.45, 2.75) is 72.2 Å². The van der Waals surface area contributed by atoms with E-state index in [0.717, 1.165) is 10.0 Å². The number of nitrogens with one attached hydrogen (secondary N) is 4. The van der Waals surface area contributed by atoms with Crippen molar-refractivity contribution in [3.8, 4) is 0 Å². The maximum absolute atomic E-state index is 14.0. The van der Waals surface area contributed by atoms with Gasteiger partial charge in [0.25, 0.3) is 11.8 Å². The first-order chi connectivity index (χ1) is 20.4. The summed E-state index contributed by atoms with van der Waals surface area (Å²) in [5, 5.41) is 21.5. The van der Waals surface area contributed by atoms with Gasteiger partial charge in [-0.15, -0.1) is 0 Å². The van der Waals surface area contributed by atoms with E-state index in [-0.39, 0.29) is 19.5 Å². The fourth-order valence-corrected chi connectivity index (χ4v) is 4.82. The summed E-state index contributed by atoms with van der Waals surface area (Å²) >= 11 is 3.42. The fourth-order valence-electron chi connectivity index (χ4n) is 4.56. The molecule has 0 saturated carbocycles. The van der Waals surface area contributed by atoms with Crippen LogP contribution in [-0.2, 0) is 32.1 Å². The molecular weight excluding hydrogens is 630 g/mol. The summed E-state index contributed by atoms with van der Waals surface area (Å²) < 4.78 is 5.59. The van der Waals surface area contributed by atoms with Crippen LogP contribution in [-0.4, -0.2) is 72.3 Å². The summed E-state index contributed by atoms with van der Waals surface area (Å²) in [6, 6.07) is 14.4. The van der Waals surface area contributed by atoms with Crippen molar-refractivity contribution in [3.63, 3.8) is 0 Å². The number of halogens is 1. The molecule has 0 aliphatic heterocycles. The monoisotopic (exact) mass is 675 g/mol. The van der Waals surface area contributed by atoms with Gasteiger partial charge in [0.1, 0.15) is 12.1 Å².